The maximum Gasteiger partial charge on any atom is -0.0216 e. The summed E-state index contributed by atoms with van der Waals surface area (Å²) in [7, 11) is 0. The van der Waals surface area contributed by atoms with Crippen LogP contribution in [0.4, 0.5) is 0 Å². The molecule has 0 bridgehead atoms. The molecule has 0 aliphatic heterocycles. The van der Waals surface area contributed by atoms with E-state index in [-0.39, 0.29) is 0 Å². The third kappa shape index (κ3) is 4.07. The zero-order chi connectivity index (χ0) is 11.8. The van der Waals surface area contributed by atoms with E-state index in [1.807, 2.05) is 13.8 Å². The topological polar surface area (TPSA) is 0 Å². The summed E-state index contributed by atoms with van der Waals surface area (Å²) >= 11 is 0. The third-order valence-corrected chi connectivity index (χ3v) is 2.62. The fourth-order valence-corrected chi connectivity index (χ4v) is 1.75. The molecule has 0 unspecified atom stereocenters. The van der Waals surface area contributed by atoms with Crippen LogP contribution in [0.1, 0.15) is 64.2 Å². The van der Waals surface area contributed by atoms with E-state index in [0.29, 0.717) is 5.92 Å². The first-order chi connectivity index (χ1) is 7.19. The molecule has 0 aromatic heterocycles. The molecule has 0 fully saturated rings. The van der Waals surface area contributed by atoms with Gasteiger partial charge < -0.3 is 0 Å². The molecule has 0 spiro atoms. The Hall–Kier alpha value is -0.780. The summed E-state index contributed by atoms with van der Waals surface area (Å²) in [6, 6.07) is 6.91. The van der Waals surface area contributed by atoms with E-state index < -0.39 is 0 Å². The largest absolute Gasteiger partial charge is 0.0683 e. The van der Waals surface area contributed by atoms with Gasteiger partial charge in [-0.2, -0.15) is 0 Å². The fraction of sp³-hybridized carbons (Fsp3) is 0.600. The lowest BCUT2D eigenvalue weighted by atomic mass is 9.93. The predicted molar refractivity (Wildman–Crippen MR) is 70.6 cm³/mol. The van der Waals surface area contributed by atoms with Crippen LogP contribution in [-0.2, 0) is 12.8 Å². The molecule has 15 heavy (non-hydrogen) atoms. The molecule has 1 aromatic rings. The molecule has 0 radical (unpaired) electrons. The maximum atomic E-state index is 2.36. The molecule has 0 nitrogen and oxygen atoms in total. The van der Waals surface area contributed by atoms with Gasteiger partial charge in [0.05, 0.1) is 0 Å². The highest BCUT2D eigenvalue weighted by molar-refractivity contribution is 5.34. The molecule has 0 aliphatic rings. The van der Waals surface area contributed by atoms with Crippen LogP contribution in [0.3, 0.4) is 0 Å². The number of benzene rings is 1. The van der Waals surface area contributed by atoms with Crippen LogP contribution in [0.5, 0.6) is 0 Å². The van der Waals surface area contributed by atoms with Crippen molar-refractivity contribution in [1.29, 1.82) is 0 Å². The van der Waals surface area contributed by atoms with E-state index in [2.05, 4.69) is 45.9 Å². The summed E-state index contributed by atoms with van der Waals surface area (Å²) in [5.41, 5.74) is 4.50. The van der Waals surface area contributed by atoms with Gasteiger partial charge in [-0.25, -0.2) is 0 Å². The zero-order valence-corrected chi connectivity index (χ0v) is 11.2. The van der Waals surface area contributed by atoms with Crippen LogP contribution in [0.15, 0.2) is 18.2 Å². The Kier molecular flexibility index (Phi) is 7.11. The molecule has 0 saturated heterocycles. The van der Waals surface area contributed by atoms with Gasteiger partial charge in [0, 0.05) is 0 Å². The van der Waals surface area contributed by atoms with Crippen molar-refractivity contribution in [3.63, 3.8) is 0 Å². The second-order valence-corrected chi connectivity index (χ2v) is 3.89. The molecule has 0 heterocycles. The van der Waals surface area contributed by atoms with Crippen molar-refractivity contribution in [1.82, 2.24) is 0 Å². The molecule has 0 N–H and O–H groups in total. The van der Waals surface area contributed by atoms with Gasteiger partial charge in [-0.15, -0.1) is 0 Å². The first-order valence-corrected chi connectivity index (χ1v) is 6.30. The van der Waals surface area contributed by atoms with Crippen LogP contribution in [0.2, 0.25) is 0 Å². The lowest BCUT2D eigenvalue weighted by Crippen LogP contribution is -1.96. The highest BCUT2D eigenvalue weighted by Gasteiger charge is 2.04. The van der Waals surface area contributed by atoms with Crippen LogP contribution >= 0.6 is 0 Å². The van der Waals surface area contributed by atoms with Gasteiger partial charge in [-0.05, 0) is 35.4 Å². The Bertz CT molecular complexity index is 271. The Morgan fingerprint density at radius 2 is 1.60 bits per heavy atom. The van der Waals surface area contributed by atoms with Crippen LogP contribution in [-0.4, -0.2) is 0 Å². The van der Waals surface area contributed by atoms with E-state index in [4.69, 9.17) is 0 Å². The molecular weight excluding hydrogens is 180 g/mol. The standard InChI is InChI=1S/C13H20.C2H6/c1-5-11-7-8-13(10(3)4)12(6-2)9-11;1-2/h7-10H,5-6H2,1-4H3;1-2H3. The smallest absolute Gasteiger partial charge is 0.0216 e. The van der Waals surface area contributed by atoms with Gasteiger partial charge in [0.15, 0.2) is 0 Å². The number of hydrogen-bond acceptors (Lipinski definition) is 0. The van der Waals surface area contributed by atoms with Crippen LogP contribution < -0.4 is 0 Å². The summed E-state index contributed by atoms with van der Waals surface area (Å²) in [5.74, 6) is 0.654. The Morgan fingerprint density at radius 3 is 2.00 bits per heavy atom. The van der Waals surface area contributed by atoms with E-state index in [1.165, 1.54) is 16.7 Å². The van der Waals surface area contributed by atoms with Crippen molar-refractivity contribution in [3.05, 3.63) is 34.9 Å². The Morgan fingerprint density at radius 1 is 1.00 bits per heavy atom. The second kappa shape index (κ2) is 7.50. The molecular formula is C15H26. The molecule has 86 valence electrons. The minimum absolute atomic E-state index is 0.654. The van der Waals surface area contributed by atoms with Gasteiger partial charge in [0.2, 0.25) is 0 Å². The highest BCUT2D eigenvalue weighted by atomic mass is 14.1. The summed E-state index contributed by atoms with van der Waals surface area (Å²) in [4.78, 5) is 0. The molecule has 1 aromatic carbocycles. The van der Waals surface area contributed by atoms with Gasteiger partial charge in [-0.1, -0.05) is 59.7 Å². The van der Waals surface area contributed by atoms with Crippen molar-refractivity contribution in [2.75, 3.05) is 0 Å². The van der Waals surface area contributed by atoms with Crippen molar-refractivity contribution in [2.24, 2.45) is 0 Å². The normalized spacial score (nSPS) is 9.80. The lowest BCUT2D eigenvalue weighted by Gasteiger charge is -2.12. The molecule has 0 amide bonds. The quantitative estimate of drug-likeness (QED) is 0.655. The van der Waals surface area contributed by atoms with E-state index in [0.717, 1.165) is 12.8 Å². The number of rotatable bonds is 3. The Labute approximate surface area is 95.7 Å². The first kappa shape index (κ1) is 14.2. The SMILES string of the molecule is CC.CCc1ccc(C(C)C)c(CC)c1. The average molecular weight is 206 g/mol. The van der Waals surface area contributed by atoms with E-state index >= 15 is 0 Å². The van der Waals surface area contributed by atoms with Crippen molar-refractivity contribution >= 4 is 0 Å². The van der Waals surface area contributed by atoms with Crippen molar-refractivity contribution in [2.45, 2.75) is 60.3 Å². The summed E-state index contributed by atoms with van der Waals surface area (Å²) in [6.07, 6.45) is 2.30. The van der Waals surface area contributed by atoms with Gasteiger partial charge in [0.1, 0.15) is 0 Å². The molecule has 0 saturated carbocycles. The van der Waals surface area contributed by atoms with Gasteiger partial charge in [-0.3, -0.25) is 0 Å². The fourth-order valence-electron chi connectivity index (χ4n) is 1.75. The molecule has 0 aliphatic carbocycles. The third-order valence-electron chi connectivity index (χ3n) is 2.62. The monoisotopic (exact) mass is 206 g/mol. The average Bonchev–Trinajstić information content (AvgIpc) is 2.30. The van der Waals surface area contributed by atoms with Gasteiger partial charge >= 0.3 is 0 Å². The molecule has 1 rings (SSSR count). The Balaban J connectivity index is 0.000000921. The molecule has 0 heteroatoms. The predicted octanol–water partition coefficient (Wildman–Crippen LogP) is 4.96. The van der Waals surface area contributed by atoms with Crippen LogP contribution in [0.25, 0.3) is 0 Å². The van der Waals surface area contributed by atoms with Crippen LogP contribution in [0, 0.1) is 0 Å². The summed E-state index contributed by atoms with van der Waals surface area (Å²) in [5, 5.41) is 0. The number of aryl methyl sites for hydroxylation is 2. The second-order valence-electron chi connectivity index (χ2n) is 3.89. The minimum Gasteiger partial charge on any atom is -0.0683 e. The van der Waals surface area contributed by atoms with Crippen molar-refractivity contribution in [3.8, 4) is 0 Å². The lowest BCUT2D eigenvalue weighted by molar-refractivity contribution is 0.841. The highest BCUT2D eigenvalue weighted by Crippen LogP contribution is 2.21. The zero-order valence-electron chi connectivity index (χ0n) is 11.2. The molecule has 0 atom stereocenters. The minimum atomic E-state index is 0.654. The van der Waals surface area contributed by atoms with Gasteiger partial charge in [0.25, 0.3) is 0 Å². The summed E-state index contributed by atoms with van der Waals surface area (Å²) < 4.78 is 0. The maximum absolute atomic E-state index is 2.36. The van der Waals surface area contributed by atoms with Crippen molar-refractivity contribution < 1.29 is 0 Å². The number of hydrogen-bond donors (Lipinski definition) is 0. The van der Waals surface area contributed by atoms with E-state index in [9.17, 15) is 0 Å². The summed E-state index contributed by atoms with van der Waals surface area (Å²) in [6.45, 7) is 13.0. The van der Waals surface area contributed by atoms with E-state index in [1.54, 1.807) is 0 Å². The first-order valence-electron chi connectivity index (χ1n) is 6.30.